The topological polar surface area (TPSA) is 78.5 Å². The molecule has 3 rings (SSSR count). The molecule has 0 aromatic heterocycles. The lowest BCUT2D eigenvalue weighted by Crippen LogP contribution is -2.44. The number of nitrogens with zero attached hydrogens (tertiary/aromatic N) is 1. The van der Waals surface area contributed by atoms with Crippen molar-refractivity contribution in [1.29, 1.82) is 0 Å². The number of amides is 4. The van der Waals surface area contributed by atoms with Crippen molar-refractivity contribution in [1.82, 2.24) is 10.2 Å². The largest absolute Gasteiger partial charge is 0.325 e. The second-order valence-corrected chi connectivity index (χ2v) is 6.95. The molecule has 0 spiro atoms. The average Bonchev–Trinajstić information content (AvgIpc) is 2.90. The van der Waals surface area contributed by atoms with Crippen LogP contribution in [0.5, 0.6) is 0 Å². The van der Waals surface area contributed by atoms with Crippen molar-refractivity contribution in [2.45, 2.75) is 32.7 Å². The maximum absolute atomic E-state index is 13.3. The fraction of sp³-hybridized carbons (Fsp3) is 0.286. The van der Waals surface area contributed by atoms with Crippen molar-refractivity contribution < 1.29 is 18.8 Å². The zero-order chi connectivity index (χ0) is 20.5. The summed E-state index contributed by atoms with van der Waals surface area (Å²) in [6, 6.07) is 10.4. The number of anilines is 1. The molecule has 1 aliphatic heterocycles. The summed E-state index contributed by atoms with van der Waals surface area (Å²) in [5.41, 5.74) is 1.68. The van der Waals surface area contributed by atoms with Crippen LogP contribution in [0.3, 0.4) is 0 Å². The molecule has 1 atom stereocenters. The van der Waals surface area contributed by atoms with Gasteiger partial charge in [-0.05, 0) is 55.2 Å². The van der Waals surface area contributed by atoms with Gasteiger partial charge in [-0.25, -0.2) is 9.18 Å². The maximum atomic E-state index is 13.3. The van der Waals surface area contributed by atoms with Crippen LogP contribution in [0.1, 0.15) is 30.0 Å². The third-order valence-corrected chi connectivity index (χ3v) is 5.01. The Morgan fingerprint density at radius 1 is 1.14 bits per heavy atom. The predicted molar refractivity (Wildman–Crippen MR) is 103 cm³/mol. The summed E-state index contributed by atoms with van der Waals surface area (Å²) in [5, 5.41) is 5.43. The van der Waals surface area contributed by atoms with Gasteiger partial charge in [-0.3, -0.25) is 14.5 Å². The minimum Gasteiger partial charge on any atom is -0.324 e. The number of carbonyl (C=O) groups excluding carboxylic acids is 3. The number of aryl methyl sites for hydroxylation is 2. The van der Waals surface area contributed by atoms with Gasteiger partial charge in [0, 0.05) is 5.69 Å². The predicted octanol–water partition coefficient (Wildman–Crippen LogP) is 3.24. The molecule has 1 fully saturated rings. The molecule has 7 heteroatoms. The minimum atomic E-state index is -1.30. The molecule has 1 heterocycles. The first kappa shape index (κ1) is 19.5. The van der Waals surface area contributed by atoms with Crippen molar-refractivity contribution in [3.8, 4) is 0 Å². The van der Waals surface area contributed by atoms with E-state index in [1.54, 1.807) is 6.92 Å². The second kappa shape index (κ2) is 7.42. The number of hydrogen-bond acceptors (Lipinski definition) is 3. The molecule has 2 aromatic carbocycles. The third kappa shape index (κ3) is 3.47. The SMILES string of the molecule is CC[C@]1(c2ccc(F)cc2)NC(=O)N(CC(=O)Nc2cc(C)ccc2C)C1=O. The molecule has 28 heavy (non-hydrogen) atoms. The van der Waals surface area contributed by atoms with Crippen LogP contribution >= 0.6 is 0 Å². The van der Waals surface area contributed by atoms with Gasteiger partial charge in [-0.2, -0.15) is 0 Å². The summed E-state index contributed by atoms with van der Waals surface area (Å²) >= 11 is 0. The van der Waals surface area contributed by atoms with Crippen LogP contribution in [-0.2, 0) is 15.1 Å². The molecule has 2 N–H and O–H groups in total. The van der Waals surface area contributed by atoms with Gasteiger partial charge < -0.3 is 10.6 Å². The number of carbonyl (C=O) groups is 3. The average molecular weight is 383 g/mol. The van der Waals surface area contributed by atoms with E-state index in [1.807, 2.05) is 32.0 Å². The Hall–Kier alpha value is -3.22. The highest BCUT2D eigenvalue weighted by molar-refractivity contribution is 6.10. The van der Waals surface area contributed by atoms with Crippen LogP contribution < -0.4 is 10.6 Å². The van der Waals surface area contributed by atoms with Crippen molar-refractivity contribution in [2.75, 3.05) is 11.9 Å². The van der Waals surface area contributed by atoms with Gasteiger partial charge in [0.1, 0.15) is 17.9 Å². The Morgan fingerprint density at radius 3 is 2.46 bits per heavy atom. The van der Waals surface area contributed by atoms with E-state index >= 15 is 0 Å². The zero-order valence-electron chi connectivity index (χ0n) is 16.0. The second-order valence-electron chi connectivity index (χ2n) is 6.95. The van der Waals surface area contributed by atoms with Crippen molar-refractivity contribution in [3.63, 3.8) is 0 Å². The summed E-state index contributed by atoms with van der Waals surface area (Å²) in [4.78, 5) is 38.8. The standard InChI is InChI=1S/C21H22FN3O3/c1-4-21(15-7-9-16(22)10-8-15)19(27)25(20(28)24-21)12-18(26)23-17-11-13(2)5-6-14(17)3/h5-11H,4,12H2,1-3H3,(H,23,26)(H,24,28)/t21-/m1/s1. The van der Waals surface area contributed by atoms with E-state index in [0.29, 0.717) is 11.3 Å². The van der Waals surface area contributed by atoms with E-state index in [2.05, 4.69) is 10.6 Å². The van der Waals surface area contributed by atoms with E-state index in [-0.39, 0.29) is 6.42 Å². The van der Waals surface area contributed by atoms with Crippen LogP contribution in [0.4, 0.5) is 14.9 Å². The van der Waals surface area contributed by atoms with Crippen LogP contribution in [0.2, 0.25) is 0 Å². The monoisotopic (exact) mass is 383 g/mol. The number of benzene rings is 2. The quantitative estimate of drug-likeness (QED) is 0.778. The molecule has 0 unspecified atom stereocenters. The Morgan fingerprint density at radius 2 is 1.82 bits per heavy atom. The number of hydrogen-bond donors (Lipinski definition) is 2. The van der Waals surface area contributed by atoms with Crippen LogP contribution in [0.25, 0.3) is 0 Å². The van der Waals surface area contributed by atoms with E-state index in [9.17, 15) is 18.8 Å². The van der Waals surface area contributed by atoms with E-state index in [4.69, 9.17) is 0 Å². The van der Waals surface area contributed by atoms with Crippen molar-refractivity contribution in [2.24, 2.45) is 0 Å². The first-order valence-corrected chi connectivity index (χ1v) is 9.04. The van der Waals surface area contributed by atoms with Crippen LogP contribution in [-0.4, -0.2) is 29.3 Å². The fourth-order valence-electron chi connectivity index (χ4n) is 3.35. The number of imide groups is 1. The molecule has 1 saturated heterocycles. The summed E-state index contributed by atoms with van der Waals surface area (Å²) in [6.45, 7) is 5.12. The molecule has 6 nitrogen and oxygen atoms in total. The molecular formula is C21H22FN3O3. The highest BCUT2D eigenvalue weighted by Gasteiger charge is 2.51. The zero-order valence-corrected chi connectivity index (χ0v) is 16.0. The molecule has 0 aliphatic carbocycles. The number of halogens is 1. The Bertz CT molecular complexity index is 942. The molecule has 0 radical (unpaired) electrons. The molecule has 2 aromatic rings. The van der Waals surface area contributed by atoms with Gasteiger partial charge in [-0.15, -0.1) is 0 Å². The first-order valence-electron chi connectivity index (χ1n) is 9.04. The number of nitrogens with one attached hydrogen (secondary N) is 2. The van der Waals surface area contributed by atoms with Crippen LogP contribution in [0.15, 0.2) is 42.5 Å². The van der Waals surface area contributed by atoms with Crippen LogP contribution in [0, 0.1) is 19.7 Å². The minimum absolute atomic E-state index is 0.276. The van der Waals surface area contributed by atoms with E-state index in [0.717, 1.165) is 16.0 Å². The highest BCUT2D eigenvalue weighted by atomic mass is 19.1. The van der Waals surface area contributed by atoms with Gasteiger partial charge in [0.25, 0.3) is 5.91 Å². The molecule has 4 amide bonds. The lowest BCUT2D eigenvalue weighted by atomic mass is 9.87. The maximum Gasteiger partial charge on any atom is 0.325 e. The van der Waals surface area contributed by atoms with E-state index in [1.165, 1.54) is 24.3 Å². The van der Waals surface area contributed by atoms with Gasteiger partial charge in [0.05, 0.1) is 0 Å². The van der Waals surface area contributed by atoms with Gasteiger partial charge in [0.2, 0.25) is 5.91 Å². The fourth-order valence-corrected chi connectivity index (χ4v) is 3.35. The first-order chi connectivity index (χ1) is 13.3. The smallest absolute Gasteiger partial charge is 0.324 e. The number of rotatable bonds is 5. The van der Waals surface area contributed by atoms with Crippen molar-refractivity contribution >= 4 is 23.5 Å². The normalized spacial score (nSPS) is 18.9. The molecular weight excluding hydrogens is 361 g/mol. The molecule has 0 saturated carbocycles. The Kier molecular flexibility index (Phi) is 5.18. The van der Waals surface area contributed by atoms with Crippen molar-refractivity contribution in [3.05, 3.63) is 65.0 Å². The molecule has 1 aliphatic rings. The van der Waals surface area contributed by atoms with Gasteiger partial charge in [0.15, 0.2) is 0 Å². The lowest BCUT2D eigenvalue weighted by Gasteiger charge is -2.25. The third-order valence-electron chi connectivity index (χ3n) is 5.01. The summed E-state index contributed by atoms with van der Waals surface area (Å²) in [5.74, 6) is -1.43. The Balaban J connectivity index is 1.80. The summed E-state index contributed by atoms with van der Waals surface area (Å²) in [6.07, 6.45) is 0.276. The Labute approximate surface area is 162 Å². The molecule has 146 valence electrons. The highest BCUT2D eigenvalue weighted by Crippen LogP contribution is 2.32. The van der Waals surface area contributed by atoms with E-state index < -0.39 is 35.7 Å². The van der Waals surface area contributed by atoms with Gasteiger partial charge in [-0.1, -0.05) is 31.2 Å². The summed E-state index contributed by atoms with van der Waals surface area (Å²) in [7, 11) is 0. The lowest BCUT2D eigenvalue weighted by molar-refractivity contribution is -0.134. The summed E-state index contributed by atoms with van der Waals surface area (Å²) < 4.78 is 13.3. The molecule has 0 bridgehead atoms. The number of urea groups is 1. The van der Waals surface area contributed by atoms with Gasteiger partial charge >= 0.3 is 6.03 Å².